The van der Waals surface area contributed by atoms with Gasteiger partial charge >= 0.3 is 0 Å². The largest absolute Gasteiger partial charge is 0.379 e. The third-order valence-electron chi connectivity index (χ3n) is 4.55. The number of halogens is 1. The van der Waals surface area contributed by atoms with E-state index in [2.05, 4.69) is 54.5 Å². The molecular formula is C20H35IN4O. The first-order valence-electron chi connectivity index (χ1n) is 9.57. The normalized spacial score (nSPS) is 15.4. The van der Waals surface area contributed by atoms with Gasteiger partial charge in [-0.15, -0.1) is 24.0 Å². The number of hydrogen-bond acceptors (Lipinski definition) is 3. The Morgan fingerprint density at radius 2 is 1.92 bits per heavy atom. The van der Waals surface area contributed by atoms with E-state index in [1.165, 1.54) is 29.7 Å². The van der Waals surface area contributed by atoms with E-state index in [0.29, 0.717) is 0 Å². The van der Waals surface area contributed by atoms with Gasteiger partial charge in [-0.3, -0.25) is 4.90 Å². The molecule has 26 heavy (non-hydrogen) atoms. The molecule has 0 spiro atoms. The van der Waals surface area contributed by atoms with Crippen molar-refractivity contribution in [1.82, 2.24) is 15.5 Å². The first-order valence-corrected chi connectivity index (χ1v) is 9.57. The van der Waals surface area contributed by atoms with Crippen molar-refractivity contribution in [3.05, 3.63) is 34.9 Å². The Hall–Kier alpha value is -0.860. The molecule has 1 aliphatic heterocycles. The number of benzene rings is 1. The Labute approximate surface area is 176 Å². The molecule has 2 rings (SSSR count). The summed E-state index contributed by atoms with van der Waals surface area (Å²) in [5.41, 5.74) is 3.90. The van der Waals surface area contributed by atoms with E-state index in [1.54, 1.807) is 0 Å². The molecule has 6 heteroatoms. The average Bonchev–Trinajstić information content (AvgIpc) is 2.61. The predicted octanol–water partition coefficient (Wildman–Crippen LogP) is 3.09. The topological polar surface area (TPSA) is 48.9 Å². The summed E-state index contributed by atoms with van der Waals surface area (Å²) in [4.78, 5) is 7.22. The molecule has 0 saturated carbocycles. The molecule has 2 N–H and O–H groups in total. The molecule has 0 atom stereocenters. The summed E-state index contributed by atoms with van der Waals surface area (Å²) in [6, 6.07) is 6.56. The van der Waals surface area contributed by atoms with Crippen molar-refractivity contribution < 1.29 is 4.74 Å². The standard InChI is InChI=1S/C20H34N4O.HI/c1-4-21-20(23-16-19-8-7-17(2)15-18(19)3)22-9-5-6-10-24-11-13-25-14-12-24;/h7-8,15H,4-6,9-14,16H2,1-3H3,(H2,21,22,23);1H. The van der Waals surface area contributed by atoms with Crippen LogP contribution >= 0.6 is 24.0 Å². The van der Waals surface area contributed by atoms with Crippen LogP contribution in [0.4, 0.5) is 0 Å². The molecule has 0 radical (unpaired) electrons. The molecule has 0 aliphatic carbocycles. The second kappa shape index (κ2) is 13.3. The summed E-state index contributed by atoms with van der Waals surface area (Å²) in [5.74, 6) is 0.911. The molecule has 1 aromatic carbocycles. The fourth-order valence-electron chi connectivity index (χ4n) is 3.02. The lowest BCUT2D eigenvalue weighted by Crippen LogP contribution is -2.39. The van der Waals surface area contributed by atoms with Crippen LogP contribution in [0.15, 0.2) is 23.2 Å². The van der Waals surface area contributed by atoms with Gasteiger partial charge in [-0.05, 0) is 51.3 Å². The number of nitrogens with zero attached hydrogens (tertiary/aromatic N) is 2. The molecule has 0 unspecified atom stereocenters. The Kier molecular flexibility index (Phi) is 11.9. The fourth-order valence-corrected chi connectivity index (χ4v) is 3.02. The van der Waals surface area contributed by atoms with Crippen LogP contribution in [0.3, 0.4) is 0 Å². The van der Waals surface area contributed by atoms with Crippen molar-refractivity contribution in [3.8, 4) is 0 Å². The Morgan fingerprint density at radius 3 is 2.62 bits per heavy atom. The molecule has 0 amide bonds. The van der Waals surface area contributed by atoms with Crippen molar-refractivity contribution in [1.29, 1.82) is 0 Å². The zero-order valence-corrected chi connectivity index (χ0v) is 18.8. The number of morpholine rings is 1. The minimum atomic E-state index is 0. The first kappa shape index (κ1) is 23.2. The first-order chi connectivity index (χ1) is 12.2. The zero-order chi connectivity index (χ0) is 17.9. The Balaban J connectivity index is 0.00000338. The van der Waals surface area contributed by atoms with Gasteiger partial charge in [0.25, 0.3) is 0 Å². The van der Waals surface area contributed by atoms with Crippen LogP contribution in [0.5, 0.6) is 0 Å². The minimum Gasteiger partial charge on any atom is -0.379 e. The van der Waals surface area contributed by atoms with Crippen LogP contribution in [-0.2, 0) is 11.3 Å². The lowest BCUT2D eigenvalue weighted by Gasteiger charge is -2.26. The van der Waals surface area contributed by atoms with E-state index in [1.807, 2.05) is 0 Å². The van der Waals surface area contributed by atoms with E-state index >= 15 is 0 Å². The summed E-state index contributed by atoms with van der Waals surface area (Å²) in [7, 11) is 0. The van der Waals surface area contributed by atoms with Crippen molar-refractivity contribution >= 4 is 29.9 Å². The number of aryl methyl sites for hydroxylation is 2. The van der Waals surface area contributed by atoms with Gasteiger partial charge < -0.3 is 15.4 Å². The Bertz CT molecular complexity index is 545. The van der Waals surface area contributed by atoms with Gasteiger partial charge in [-0.25, -0.2) is 4.99 Å². The molecule has 1 fully saturated rings. The molecular weight excluding hydrogens is 439 g/mol. The maximum atomic E-state index is 5.39. The van der Waals surface area contributed by atoms with Crippen molar-refractivity contribution in [2.24, 2.45) is 4.99 Å². The second-order valence-corrected chi connectivity index (χ2v) is 6.71. The highest BCUT2D eigenvalue weighted by molar-refractivity contribution is 14.0. The van der Waals surface area contributed by atoms with Crippen LogP contribution < -0.4 is 10.6 Å². The summed E-state index contributed by atoms with van der Waals surface area (Å²) in [6.07, 6.45) is 2.37. The summed E-state index contributed by atoms with van der Waals surface area (Å²) in [5, 5.41) is 6.79. The molecule has 1 aromatic rings. The lowest BCUT2D eigenvalue weighted by atomic mass is 10.1. The maximum Gasteiger partial charge on any atom is 0.191 e. The number of guanidine groups is 1. The third kappa shape index (κ3) is 8.68. The second-order valence-electron chi connectivity index (χ2n) is 6.71. The number of hydrogen-bond donors (Lipinski definition) is 2. The highest BCUT2D eigenvalue weighted by atomic mass is 127. The van der Waals surface area contributed by atoms with Gasteiger partial charge in [0.05, 0.1) is 19.8 Å². The zero-order valence-electron chi connectivity index (χ0n) is 16.5. The monoisotopic (exact) mass is 474 g/mol. The summed E-state index contributed by atoms with van der Waals surface area (Å²) in [6.45, 7) is 14.0. The average molecular weight is 474 g/mol. The van der Waals surface area contributed by atoms with Crippen molar-refractivity contribution in [2.45, 2.75) is 40.2 Å². The van der Waals surface area contributed by atoms with Crippen LogP contribution in [0, 0.1) is 13.8 Å². The van der Waals surface area contributed by atoms with Gasteiger partial charge in [0.1, 0.15) is 0 Å². The van der Waals surface area contributed by atoms with E-state index in [4.69, 9.17) is 9.73 Å². The van der Waals surface area contributed by atoms with E-state index < -0.39 is 0 Å². The number of rotatable bonds is 8. The van der Waals surface area contributed by atoms with Gasteiger partial charge in [0.2, 0.25) is 0 Å². The van der Waals surface area contributed by atoms with Crippen LogP contribution in [0.1, 0.15) is 36.5 Å². The highest BCUT2D eigenvalue weighted by Gasteiger charge is 2.09. The van der Waals surface area contributed by atoms with Crippen molar-refractivity contribution in [2.75, 3.05) is 45.9 Å². The molecule has 0 aromatic heterocycles. The maximum absolute atomic E-state index is 5.39. The van der Waals surface area contributed by atoms with Crippen LogP contribution in [-0.4, -0.2) is 56.8 Å². The number of unbranched alkanes of at least 4 members (excludes halogenated alkanes) is 1. The van der Waals surface area contributed by atoms with Gasteiger partial charge in [0, 0.05) is 26.2 Å². The van der Waals surface area contributed by atoms with E-state index in [0.717, 1.165) is 58.3 Å². The summed E-state index contributed by atoms with van der Waals surface area (Å²) < 4.78 is 5.39. The molecule has 1 heterocycles. The highest BCUT2D eigenvalue weighted by Crippen LogP contribution is 2.11. The lowest BCUT2D eigenvalue weighted by molar-refractivity contribution is 0.0372. The molecule has 1 aliphatic rings. The van der Waals surface area contributed by atoms with E-state index in [9.17, 15) is 0 Å². The van der Waals surface area contributed by atoms with Gasteiger partial charge in [-0.2, -0.15) is 0 Å². The van der Waals surface area contributed by atoms with Gasteiger partial charge in [0.15, 0.2) is 5.96 Å². The number of ether oxygens (including phenoxy) is 1. The molecule has 5 nitrogen and oxygen atoms in total. The number of aliphatic imine (C=N–C) groups is 1. The van der Waals surface area contributed by atoms with Crippen LogP contribution in [0.25, 0.3) is 0 Å². The molecule has 0 bridgehead atoms. The van der Waals surface area contributed by atoms with Crippen molar-refractivity contribution in [3.63, 3.8) is 0 Å². The van der Waals surface area contributed by atoms with Gasteiger partial charge in [-0.1, -0.05) is 23.8 Å². The fraction of sp³-hybridized carbons (Fsp3) is 0.650. The number of nitrogens with one attached hydrogen (secondary N) is 2. The third-order valence-corrected chi connectivity index (χ3v) is 4.55. The summed E-state index contributed by atoms with van der Waals surface area (Å²) >= 11 is 0. The van der Waals surface area contributed by atoms with E-state index in [-0.39, 0.29) is 24.0 Å². The molecule has 1 saturated heterocycles. The quantitative estimate of drug-likeness (QED) is 0.263. The smallest absolute Gasteiger partial charge is 0.191 e. The molecule has 148 valence electrons. The Morgan fingerprint density at radius 1 is 1.15 bits per heavy atom. The SMILES string of the molecule is CCNC(=NCc1ccc(C)cc1C)NCCCCN1CCOCC1.I. The minimum absolute atomic E-state index is 0. The predicted molar refractivity (Wildman–Crippen MR) is 121 cm³/mol. The van der Waals surface area contributed by atoms with Crippen LogP contribution in [0.2, 0.25) is 0 Å².